The number of aromatic nitrogens is 4. The van der Waals surface area contributed by atoms with Crippen LogP contribution in [0.1, 0.15) is 35.7 Å². The Hall–Kier alpha value is -3.68. The maximum Gasteiger partial charge on any atom is 0.295 e. The smallest absolute Gasteiger partial charge is 0.295 e. The minimum absolute atomic E-state index is 0.00628. The molecule has 32 heavy (non-hydrogen) atoms. The average molecular weight is 431 g/mol. The molecule has 1 N–H and O–H groups in total. The number of carbonyl (C=O) groups is 1. The predicted octanol–water partition coefficient (Wildman–Crippen LogP) is 4.07. The number of fused-ring (bicyclic) bond motifs is 1. The molecule has 2 aromatic carbocycles. The van der Waals surface area contributed by atoms with Crippen molar-refractivity contribution in [3.63, 3.8) is 0 Å². The zero-order valence-electron chi connectivity index (χ0n) is 18.2. The third-order valence-electron chi connectivity index (χ3n) is 6.15. The van der Waals surface area contributed by atoms with Gasteiger partial charge >= 0.3 is 0 Å². The highest BCUT2D eigenvalue weighted by molar-refractivity contribution is 5.98. The first kappa shape index (κ1) is 20.2. The van der Waals surface area contributed by atoms with Gasteiger partial charge in [0, 0.05) is 13.1 Å². The number of aryl methyl sites for hydroxylation is 1. The molecule has 2 aromatic heterocycles. The van der Waals surface area contributed by atoms with Gasteiger partial charge in [-0.2, -0.15) is 20.0 Å². The van der Waals surface area contributed by atoms with E-state index in [9.17, 15) is 4.79 Å². The van der Waals surface area contributed by atoms with Crippen LogP contribution in [0.5, 0.6) is 0 Å². The number of likely N-dealkylation sites (tertiary alicyclic amines) is 1. The van der Waals surface area contributed by atoms with Crippen molar-refractivity contribution in [2.45, 2.75) is 32.7 Å². The molecular formula is C24H26N6O2. The SMILES string of the molecule is Cc1ccc(C(=O)N2CCCC(C)C2CNc2nc3ccccc3o2)c(-n2nccn2)c1. The van der Waals surface area contributed by atoms with Crippen LogP contribution in [-0.4, -0.2) is 49.9 Å². The predicted molar refractivity (Wildman–Crippen MR) is 122 cm³/mol. The molecule has 0 radical (unpaired) electrons. The monoisotopic (exact) mass is 430 g/mol. The van der Waals surface area contributed by atoms with E-state index in [2.05, 4.69) is 27.4 Å². The van der Waals surface area contributed by atoms with E-state index in [4.69, 9.17) is 4.42 Å². The molecule has 1 amide bonds. The summed E-state index contributed by atoms with van der Waals surface area (Å²) in [5, 5.41) is 11.8. The zero-order chi connectivity index (χ0) is 22.1. The number of amides is 1. The molecule has 0 spiro atoms. The number of para-hydroxylation sites is 2. The molecule has 1 saturated heterocycles. The summed E-state index contributed by atoms with van der Waals surface area (Å²) in [4.78, 5) is 21.7. The fourth-order valence-corrected chi connectivity index (χ4v) is 4.44. The van der Waals surface area contributed by atoms with Gasteiger partial charge in [-0.25, -0.2) is 0 Å². The Labute approximate surface area is 186 Å². The summed E-state index contributed by atoms with van der Waals surface area (Å²) in [6.45, 7) is 5.48. The molecule has 0 saturated carbocycles. The highest BCUT2D eigenvalue weighted by Crippen LogP contribution is 2.28. The van der Waals surface area contributed by atoms with Gasteiger partial charge in [0.15, 0.2) is 5.58 Å². The lowest BCUT2D eigenvalue weighted by Crippen LogP contribution is -2.51. The summed E-state index contributed by atoms with van der Waals surface area (Å²) >= 11 is 0. The summed E-state index contributed by atoms with van der Waals surface area (Å²) in [5.74, 6) is 0.342. The molecule has 0 bridgehead atoms. The Morgan fingerprint density at radius 1 is 1.19 bits per heavy atom. The van der Waals surface area contributed by atoms with Crippen LogP contribution in [0, 0.1) is 12.8 Å². The molecule has 8 heteroatoms. The van der Waals surface area contributed by atoms with E-state index >= 15 is 0 Å². The number of oxazole rings is 1. The summed E-state index contributed by atoms with van der Waals surface area (Å²) < 4.78 is 5.81. The molecule has 1 aliphatic rings. The third kappa shape index (κ3) is 3.84. The van der Waals surface area contributed by atoms with Gasteiger partial charge in [-0.3, -0.25) is 4.79 Å². The Bertz CT molecular complexity index is 1200. The summed E-state index contributed by atoms with van der Waals surface area (Å²) in [5.41, 5.74) is 3.91. The number of anilines is 1. The first-order valence-electron chi connectivity index (χ1n) is 11.0. The van der Waals surface area contributed by atoms with Crippen LogP contribution >= 0.6 is 0 Å². The van der Waals surface area contributed by atoms with Crippen molar-refractivity contribution < 1.29 is 9.21 Å². The van der Waals surface area contributed by atoms with Crippen molar-refractivity contribution in [2.24, 2.45) is 5.92 Å². The van der Waals surface area contributed by atoms with Gasteiger partial charge in [0.1, 0.15) is 5.52 Å². The van der Waals surface area contributed by atoms with E-state index in [0.717, 1.165) is 29.5 Å². The standard InChI is InChI=1S/C24H26N6O2/c1-16-9-10-18(20(14-16)30-26-11-12-27-30)23(31)29-13-5-6-17(2)21(29)15-25-24-28-19-7-3-4-8-22(19)32-24/h3-4,7-12,14,17,21H,5-6,13,15H2,1-2H3,(H,25,28). The summed E-state index contributed by atoms with van der Waals surface area (Å²) in [6.07, 6.45) is 5.29. The van der Waals surface area contributed by atoms with E-state index < -0.39 is 0 Å². The van der Waals surface area contributed by atoms with Crippen molar-refractivity contribution in [3.8, 4) is 5.69 Å². The van der Waals surface area contributed by atoms with Crippen molar-refractivity contribution >= 4 is 23.0 Å². The Kier molecular flexibility index (Phi) is 5.34. The normalized spacial score (nSPS) is 18.8. The van der Waals surface area contributed by atoms with Crippen LogP contribution in [0.3, 0.4) is 0 Å². The van der Waals surface area contributed by atoms with Gasteiger partial charge in [-0.15, -0.1) is 0 Å². The number of rotatable bonds is 5. The van der Waals surface area contributed by atoms with Crippen LogP contribution in [-0.2, 0) is 0 Å². The molecule has 0 aliphatic carbocycles. The van der Waals surface area contributed by atoms with Crippen LogP contribution in [0.25, 0.3) is 16.8 Å². The number of hydrogen-bond donors (Lipinski definition) is 1. The molecule has 1 fully saturated rings. The fourth-order valence-electron chi connectivity index (χ4n) is 4.44. The Morgan fingerprint density at radius 2 is 2.00 bits per heavy atom. The van der Waals surface area contributed by atoms with E-state index in [1.807, 2.05) is 54.3 Å². The topological polar surface area (TPSA) is 89.1 Å². The zero-order valence-corrected chi connectivity index (χ0v) is 18.2. The summed E-state index contributed by atoms with van der Waals surface area (Å²) in [6, 6.07) is 14.0. The summed E-state index contributed by atoms with van der Waals surface area (Å²) in [7, 11) is 0. The molecule has 4 aromatic rings. The number of piperidine rings is 1. The number of hydrogen-bond acceptors (Lipinski definition) is 6. The molecule has 1 aliphatic heterocycles. The van der Waals surface area contributed by atoms with Crippen molar-refractivity contribution in [2.75, 3.05) is 18.4 Å². The maximum atomic E-state index is 13.7. The van der Waals surface area contributed by atoms with Crippen LogP contribution in [0.15, 0.2) is 59.3 Å². The fraction of sp³-hybridized carbons (Fsp3) is 0.333. The third-order valence-corrected chi connectivity index (χ3v) is 6.15. The minimum atomic E-state index is -0.00628. The van der Waals surface area contributed by atoms with Gasteiger partial charge in [0.2, 0.25) is 0 Å². The lowest BCUT2D eigenvalue weighted by atomic mass is 9.90. The highest BCUT2D eigenvalue weighted by Gasteiger charge is 2.33. The molecular weight excluding hydrogens is 404 g/mol. The molecule has 5 rings (SSSR count). The van der Waals surface area contributed by atoms with E-state index in [0.29, 0.717) is 36.3 Å². The van der Waals surface area contributed by atoms with Gasteiger partial charge in [0.05, 0.1) is 29.7 Å². The Morgan fingerprint density at radius 3 is 2.81 bits per heavy atom. The average Bonchev–Trinajstić information content (AvgIpc) is 3.47. The van der Waals surface area contributed by atoms with Crippen molar-refractivity contribution in [1.82, 2.24) is 24.9 Å². The lowest BCUT2D eigenvalue weighted by molar-refractivity contribution is 0.0539. The van der Waals surface area contributed by atoms with Crippen LogP contribution in [0.2, 0.25) is 0 Å². The van der Waals surface area contributed by atoms with Crippen LogP contribution in [0.4, 0.5) is 6.01 Å². The number of nitrogens with one attached hydrogen (secondary N) is 1. The van der Waals surface area contributed by atoms with Crippen molar-refractivity contribution in [3.05, 3.63) is 66.0 Å². The van der Waals surface area contributed by atoms with Gasteiger partial charge < -0.3 is 14.6 Å². The first-order chi connectivity index (χ1) is 15.6. The van der Waals surface area contributed by atoms with Crippen molar-refractivity contribution in [1.29, 1.82) is 0 Å². The highest BCUT2D eigenvalue weighted by atomic mass is 16.4. The van der Waals surface area contributed by atoms with Crippen LogP contribution < -0.4 is 5.32 Å². The number of benzene rings is 2. The van der Waals surface area contributed by atoms with Gasteiger partial charge in [0.25, 0.3) is 11.9 Å². The lowest BCUT2D eigenvalue weighted by Gasteiger charge is -2.40. The largest absolute Gasteiger partial charge is 0.424 e. The second-order valence-corrected chi connectivity index (χ2v) is 8.39. The quantitative estimate of drug-likeness (QED) is 0.513. The molecule has 164 valence electrons. The van der Waals surface area contributed by atoms with Gasteiger partial charge in [-0.1, -0.05) is 25.1 Å². The first-order valence-corrected chi connectivity index (χ1v) is 11.0. The molecule has 3 heterocycles. The number of carbonyl (C=O) groups excluding carboxylic acids is 1. The second-order valence-electron chi connectivity index (χ2n) is 8.39. The van der Waals surface area contributed by atoms with E-state index in [1.165, 1.54) is 4.80 Å². The second kappa shape index (κ2) is 8.45. The minimum Gasteiger partial charge on any atom is -0.424 e. The Balaban J connectivity index is 1.40. The maximum absolute atomic E-state index is 13.7. The number of nitrogens with zero attached hydrogens (tertiary/aromatic N) is 5. The van der Waals surface area contributed by atoms with E-state index in [1.54, 1.807) is 12.4 Å². The molecule has 2 atom stereocenters. The van der Waals surface area contributed by atoms with E-state index in [-0.39, 0.29) is 11.9 Å². The molecule has 8 nitrogen and oxygen atoms in total. The van der Waals surface area contributed by atoms with Gasteiger partial charge in [-0.05, 0) is 55.5 Å². The molecule has 2 unspecified atom stereocenters.